The summed E-state index contributed by atoms with van der Waals surface area (Å²) in [6.07, 6.45) is 1.04. The molecule has 1 aromatic heterocycles. The predicted octanol–water partition coefficient (Wildman–Crippen LogP) is 3.09. The number of hydrogen-bond donors (Lipinski definition) is 2. The van der Waals surface area contributed by atoms with Crippen molar-refractivity contribution in [3.8, 4) is 0 Å². The molecule has 6 heteroatoms. The summed E-state index contributed by atoms with van der Waals surface area (Å²) in [5.74, 6) is 0.0460. The summed E-state index contributed by atoms with van der Waals surface area (Å²) in [5.41, 5.74) is 2.28. The molecule has 22 heavy (non-hydrogen) atoms. The lowest BCUT2D eigenvalue weighted by Gasteiger charge is -2.21. The molecule has 1 aromatic carbocycles. The van der Waals surface area contributed by atoms with E-state index in [-0.39, 0.29) is 16.7 Å². The molecule has 1 aliphatic rings. The number of thiophene rings is 1. The summed E-state index contributed by atoms with van der Waals surface area (Å²) in [5, 5.41) is 13.7. The molecule has 0 bridgehead atoms. The van der Waals surface area contributed by atoms with Gasteiger partial charge in [0.2, 0.25) is 5.91 Å². The quantitative estimate of drug-likeness (QED) is 0.902. The van der Waals surface area contributed by atoms with E-state index in [1.165, 1.54) is 4.88 Å². The zero-order chi connectivity index (χ0) is 15.5. The number of benzene rings is 1. The van der Waals surface area contributed by atoms with Gasteiger partial charge < -0.3 is 10.4 Å². The predicted molar refractivity (Wildman–Crippen MR) is 88.5 cm³/mol. The fraction of sp³-hybridized carbons (Fsp3) is 0.250. The molecule has 2 heterocycles. The average molecular weight is 333 g/mol. The van der Waals surface area contributed by atoms with E-state index < -0.39 is 5.97 Å². The molecule has 4 nitrogen and oxygen atoms in total. The Bertz CT molecular complexity index is 694. The second-order valence-corrected chi connectivity index (χ2v) is 7.23. The smallest absolute Gasteiger partial charge is 0.335 e. The first-order valence-electron chi connectivity index (χ1n) is 6.93. The summed E-state index contributed by atoms with van der Waals surface area (Å²) in [4.78, 5) is 24.5. The Morgan fingerprint density at radius 3 is 2.73 bits per heavy atom. The number of carboxylic acid groups (broad SMARTS) is 1. The molecule has 0 aliphatic carbocycles. The van der Waals surface area contributed by atoms with Crippen molar-refractivity contribution < 1.29 is 14.7 Å². The van der Waals surface area contributed by atoms with Gasteiger partial charge in [-0.15, -0.1) is 23.1 Å². The first kappa shape index (κ1) is 15.1. The van der Waals surface area contributed by atoms with Crippen LogP contribution < -0.4 is 5.32 Å². The largest absolute Gasteiger partial charge is 0.478 e. The van der Waals surface area contributed by atoms with Crippen molar-refractivity contribution in [2.45, 2.75) is 18.2 Å². The van der Waals surface area contributed by atoms with Crippen LogP contribution in [0.15, 0.2) is 35.7 Å². The van der Waals surface area contributed by atoms with E-state index in [9.17, 15) is 9.59 Å². The number of carbonyl (C=O) groups excluding carboxylic acids is 1. The van der Waals surface area contributed by atoms with Crippen molar-refractivity contribution in [3.05, 3.63) is 57.3 Å². The molecule has 1 atom stereocenters. The Morgan fingerprint density at radius 2 is 2.00 bits per heavy atom. The molecule has 1 amide bonds. The zero-order valence-corrected chi connectivity index (χ0v) is 13.4. The molecule has 0 radical (unpaired) electrons. The first-order chi connectivity index (χ1) is 10.6. The van der Waals surface area contributed by atoms with Gasteiger partial charge in [-0.05, 0) is 46.9 Å². The van der Waals surface area contributed by atoms with E-state index in [1.54, 1.807) is 47.4 Å². The Labute approximate surface area is 136 Å². The number of amides is 1. The average Bonchev–Trinajstić information content (AvgIpc) is 3.01. The molecule has 0 saturated carbocycles. The van der Waals surface area contributed by atoms with Gasteiger partial charge in [0.15, 0.2) is 0 Å². The minimum atomic E-state index is -0.945. The fourth-order valence-corrected chi connectivity index (χ4v) is 4.73. The minimum Gasteiger partial charge on any atom is -0.478 e. The zero-order valence-electron chi connectivity index (χ0n) is 11.7. The molecule has 2 aromatic rings. The van der Waals surface area contributed by atoms with Crippen molar-refractivity contribution in [1.29, 1.82) is 0 Å². The van der Waals surface area contributed by atoms with E-state index in [0.29, 0.717) is 6.54 Å². The molecular weight excluding hydrogens is 318 g/mol. The van der Waals surface area contributed by atoms with Crippen LogP contribution >= 0.6 is 23.1 Å². The van der Waals surface area contributed by atoms with Crippen molar-refractivity contribution in [2.24, 2.45) is 0 Å². The number of aromatic carboxylic acids is 1. The maximum atomic E-state index is 12.4. The standard InChI is InChI=1S/C16H15NO3S2/c18-15(14-12-5-7-21-13(12)6-8-22-14)17-9-10-1-3-11(4-2-10)16(19)20/h1-5,7,14H,6,8-9H2,(H,17,18)(H,19,20). The van der Waals surface area contributed by atoms with Gasteiger partial charge >= 0.3 is 5.97 Å². The summed E-state index contributed by atoms with van der Waals surface area (Å²) in [7, 11) is 0. The van der Waals surface area contributed by atoms with Crippen molar-refractivity contribution in [2.75, 3.05) is 5.75 Å². The highest BCUT2D eigenvalue weighted by atomic mass is 32.2. The SMILES string of the molecule is O=C(O)c1ccc(CNC(=O)C2SCCc3sccc32)cc1. The van der Waals surface area contributed by atoms with E-state index in [1.807, 2.05) is 11.4 Å². The van der Waals surface area contributed by atoms with Crippen molar-refractivity contribution in [1.82, 2.24) is 5.32 Å². The van der Waals surface area contributed by atoms with E-state index in [4.69, 9.17) is 5.11 Å². The number of nitrogens with one attached hydrogen (secondary N) is 1. The highest BCUT2D eigenvalue weighted by Crippen LogP contribution is 2.39. The highest BCUT2D eigenvalue weighted by Gasteiger charge is 2.27. The van der Waals surface area contributed by atoms with Crippen LogP contribution in [0.5, 0.6) is 0 Å². The van der Waals surface area contributed by atoms with Gasteiger partial charge in [0.25, 0.3) is 0 Å². The van der Waals surface area contributed by atoms with Gasteiger partial charge in [-0.3, -0.25) is 4.79 Å². The summed E-state index contributed by atoms with van der Waals surface area (Å²) < 4.78 is 0. The van der Waals surface area contributed by atoms with E-state index >= 15 is 0 Å². The van der Waals surface area contributed by atoms with Gasteiger partial charge in [0.1, 0.15) is 5.25 Å². The Balaban J connectivity index is 1.62. The van der Waals surface area contributed by atoms with Crippen LogP contribution in [-0.4, -0.2) is 22.7 Å². The molecule has 2 N–H and O–H groups in total. The highest BCUT2D eigenvalue weighted by molar-refractivity contribution is 8.00. The third kappa shape index (κ3) is 3.18. The lowest BCUT2D eigenvalue weighted by molar-refractivity contribution is -0.120. The minimum absolute atomic E-state index is 0.0201. The topological polar surface area (TPSA) is 66.4 Å². The lowest BCUT2D eigenvalue weighted by Crippen LogP contribution is -2.29. The van der Waals surface area contributed by atoms with Crippen LogP contribution in [-0.2, 0) is 17.8 Å². The van der Waals surface area contributed by atoms with Crippen LogP contribution in [0.1, 0.15) is 31.6 Å². The molecule has 1 aliphatic heterocycles. The van der Waals surface area contributed by atoms with E-state index in [0.717, 1.165) is 23.3 Å². The maximum absolute atomic E-state index is 12.4. The van der Waals surface area contributed by atoms with E-state index in [2.05, 4.69) is 5.32 Å². The van der Waals surface area contributed by atoms with Crippen LogP contribution in [0.2, 0.25) is 0 Å². The van der Waals surface area contributed by atoms with Crippen LogP contribution in [0.3, 0.4) is 0 Å². The van der Waals surface area contributed by atoms with Gasteiger partial charge in [-0.25, -0.2) is 4.79 Å². The Kier molecular flexibility index (Phi) is 4.49. The number of fused-ring (bicyclic) bond motifs is 1. The van der Waals surface area contributed by atoms with Gasteiger partial charge in [-0.1, -0.05) is 12.1 Å². The number of thioether (sulfide) groups is 1. The molecule has 0 saturated heterocycles. The second kappa shape index (κ2) is 6.54. The number of aryl methyl sites for hydroxylation is 1. The fourth-order valence-electron chi connectivity index (χ4n) is 2.41. The van der Waals surface area contributed by atoms with Crippen molar-refractivity contribution in [3.63, 3.8) is 0 Å². The third-order valence-electron chi connectivity index (χ3n) is 3.58. The van der Waals surface area contributed by atoms with Crippen LogP contribution in [0, 0.1) is 0 Å². The molecule has 114 valence electrons. The maximum Gasteiger partial charge on any atom is 0.335 e. The summed E-state index contributed by atoms with van der Waals surface area (Å²) in [6, 6.07) is 8.60. The molecule has 0 spiro atoms. The third-order valence-corrected chi connectivity index (χ3v) is 5.82. The van der Waals surface area contributed by atoms with Gasteiger partial charge in [-0.2, -0.15) is 0 Å². The summed E-state index contributed by atoms with van der Waals surface area (Å²) in [6.45, 7) is 0.412. The Morgan fingerprint density at radius 1 is 1.23 bits per heavy atom. The lowest BCUT2D eigenvalue weighted by atomic mass is 10.1. The molecule has 3 rings (SSSR count). The van der Waals surface area contributed by atoms with Crippen molar-refractivity contribution >= 4 is 35.0 Å². The normalized spacial score (nSPS) is 16.8. The molecular formula is C16H15NO3S2. The Hall–Kier alpha value is -1.79. The van der Waals surface area contributed by atoms with Gasteiger partial charge in [0, 0.05) is 11.4 Å². The van der Waals surface area contributed by atoms with Crippen LogP contribution in [0.4, 0.5) is 0 Å². The molecule has 1 unspecified atom stereocenters. The van der Waals surface area contributed by atoms with Crippen LogP contribution in [0.25, 0.3) is 0 Å². The van der Waals surface area contributed by atoms with Gasteiger partial charge in [0.05, 0.1) is 5.56 Å². The number of carboxylic acids is 1. The summed E-state index contributed by atoms with van der Waals surface area (Å²) >= 11 is 3.39. The number of carbonyl (C=O) groups is 2. The number of hydrogen-bond acceptors (Lipinski definition) is 4. The number of rotatable bonds is 4. The monoisotopic (exact) mass is 333 g/mol. The molecule has 0 fully saturated rings. The first-order valence-corrected chi connectivity index (χ1v) is 8.86. The second-order valence-electron chi connectivity index (χ2n) is 5.02.